The lowest BCUT2D eigenvalue weighted by Gasteiger charge is -2.10. The van der Waals surface area contributed by atoms with Crippen molar-refractivity contribution < 1.29 is 9.13 Å². The van der Waals surface area contributed by atoms with Gasteiger partial charge in [-0.25, -0.2) is 18.3 Å². The minimum absolute atomic E-state index is 0.916. The van der Waals surface area contributed by atoms with E-state index in [1.54, 1.807) is 0 Å². The summed E-state index contributed by atoms with van der Waals surface area (Å²) < 4.78 is 8.59. The van der Waals surface area contributed by atoms with E-state index in [-0.39, 0.29) is 0 Å². The molecule has 114 valence electrons. The lowest BCUT2D eigenvalue weighted by atomic mass is 9.99. The van der Waals surface area contributed by atoms with Crippen molar-refractivity contribution in [3.63, 3.8) is 0 Å². The van der Waals surface area contributed by atoms with Crippen LogP contribution in [0, 0.1) is 13.8 Å². The highest BCUT2D eigenvalue weighted by Gasteiger charge is 2.11. The maximum Gasteiger partial charge on any atom is 0.243 e. The molecule has 0 saturated carbocycles. The molecule has 0 atom stereocenters. The summed E-state index contributed by atoms with van der Waals surface area (Å²) in [5.74, 6) is 0. The summed E-state index contributed by atoms with van der Waals surface area (Å²) in [6, 6.07) is 4.66. The zero-order valence-electron chi connectivity index (χ0n) is 13.8. The van der Waals surface area contributed by atoms with Crippen LogP contribution in [0.1, 0.15) is 22.3 Å². The number of aryl methyl sites for hydroxylation is 4. The van der Waals surface area contributed by atoms with Gasteiger partial charge in [-0.05, 0) is 42.2 Å². The van der Waals surface area contributed by atoms with Gasteiger partial charge in [0, 0.05) is 0 Å². The van der Waals surface area contributed by atoms with E-state index in [1.165, 1.54) is 22.3 Å². The Balaban J connectivity index is 1.89. The first-order valence-corrected chi connectivity index (χ1v) is 7.62. The fourth-order valence-electron chi connectivity index (χ4n) is 2.87. The lowest BCUT2D eigenvalue weighted by molar-refractivity contribution is -0.671. The van der Waals surface area contributed by atoms with Gasteiger partial charge in [-0.3, -0.25) is 0 Å². The van der Waals surface area contributed by atoms with E-state index in [4.69, 9.17) is 0 Å². The molecule has 0 radical (unpaired) electrons. The first kappa shape index (κ1) is 14.6. The highest BCUT2D eigenvalue weighted by Crippen LogP contribution is 2.18. The van der Waals surface area contributed by atoms with Crippen LogP contribution in [0.25, 0.3) is 0 Å². The molecule has 0 unspecified atom stereocenters. The SMILES string of the molecule is Cc1cc(C)c(Cn2cc[n+](C)c2)cc1Cn1cc[n+](C)c1. The molecule has 0 fully saturated rings. The van der Waals surface area contributed by atoms with Gasteiger partial charge in [0.1, 0.15) is 37.9 Å². The van der Waals surface area contributed by atoms with Crippen LogP contribution >= 0.6 is 0 Å². The molecule has 1 aromatic carbocycles. The van der Waals surface area contributed by atoms with Gasteiger partial charge in [-0.1, -0.05) is 6.07 Å². The smallest absolute Gasteiger partial charge is 0.240 e. The van der Waals surface area contributed by atoms with Gasteiger partial charge >= 0.3 is 0 Å². The number of nitrogens with zero attached hydrogens (tertiary/aromatic N) is 4. The normalized spacial score (nSPS) is 11.1. The summed E-state index contributed by atoms with van der Waals surface area (Å²) in [4.78, 5) is 0. The molecule has 3 rings (SSSR count). The summed E-state index contributed by atoms with van der Waals surface area (Å²) in [7, 11) is 4.10. The molecular formula is C18H24N4+2. The Bertz CT molecular complexity index is 732. The van der Waals surface area contributed by atoms with Crippen molar-refractivity contribution in [3.05, 3.63) is 71.8 Å². The van der Waals surface area contributed by atoms with Crippen LogP contribution in [0.4, 0.5) is 0 Å². The van der Waals surface area contributed by atoms with Gasteiger partial charge in [-0.15, -0.1) is 0 Å². The van der Waals surface area contributed by atoms with Gasteiger partial charge in [0.2, 0.25) is 12.7 Å². The van der Waals surface area contributed by atoms with Crippen LogP contribution in [0.15, 0.2) is 49.6 Å². The number of aromatic nitrogens is 4. The van der Waals surface area contributed by atoms with Crippen LogP contribution < -0.4 is 9.13 Å². The van der Waals surface area contributed by atoms with Crippen LogP contribution in [-0.2, 0) is 27.2 Å². The Morgan fingerprint density at radius 1 is 0.773 bits per heavy atom. The van der Waals surface area contributed by atoms with E-state index < -0.39 is 0 Å². The molecule has 0 amide bonds. The maximum atomic E-state index is 2.35. The third-order valence-corrected chi connectivity index (χ3v) is 4.15. The molecule has 0 aliphatic heterocycles. The van der Waals surface area contributed by atoms with E-state index in [0.717, 1.165) is 13.1 Å². The first-order chi connectivity index (χ1) is 10.5. The summed E-state index contributed by atoms with van der Waals surface area (Å²) in [6.45, 7) is 6.23. The van der Waals surface area contributed by atoms with Crippen molar-refractivity contribution in [1.29, 1.82) is 0 Å². The number of hydrogen-bond donors (Lipinski definition) is 0. The van der Waals surface area contributed by atoms with E-state index >= 15 is 0 Å². The lowest BCUT2D eigenvalue weighted by Crippen LogP contribution is -2.24. The zero-order chi connectivity index (χ0) is 15.7. The van der Waals surface area contributed by atoms with Gasteiger partial charge in [-0.2, -0.15) is 0 Å². The Morgan fingerprint density at radius 3 is 1.59 bits per heavy atom. The van der Waals surface area contributed by atoms with Gasteiger partial charge in [0.05, 0.1) is 14.1 Å². The predicted molar refractivity (Wildman–Crippen MR) is 85.3 cm³/mol. The molecule has 4 nitrogen and oxygen atoms in total. The van der Waals surface area contributed by atoms with Crippen molar-refractivity contribution in [2.24, 2.45) is 14.1 Å². The molecule has 3 aromatic rings. The van der Waals surface area contributed by atoms with Gasteiger partial charge in [0.15, 0.2) is 0 Å². The Morgan fingerprint density at radius 2 is 1.23 bits per heavy atom. The second kappa shape index (κ2) is 5.79. The van der Waals surface area contributed by atoms with Gasteiger partial charge < -0.3 is 0 Å². The number of hydrogen-bond acceptors (Lipinski definition) is 0. The second-order valence-electron chi connectivity index (χ2n) is 6.21. The van der Waals surface area contributed by atoms with Crippen LogP contribution in [0.5, 0.6) is 0 Å². The molecule has 22 heavy (non-hydrogen) atoms. The Hall–Kier alpha value is -2.36. The summed E-state index contributed by atoms with van der Waals surface area (Å²) in [5, 5.41) is 0. The van der Waals surface area contributed by atoms with Crippen molar-refractivity contribution >= 4 is 0 Å². The Labute approximate surface area is 131 Å². The van der Waals surface area contributed by atoms with Crippen molar-refractivity contribution in [2.75, 3.05) is 0 Å². The molecule has 4 heteroatoms. The van der Waals surface area contributed by atoms with Crippen molar-refractivity contribution in [2.45, 2.75) is 26.9 Å². The maximum absolute atomic E-state index is 2.35. The summed E-state index contributed by atoms with van der Waals surface area (Å²) >= 11 is 0. The van der Waals surface area contributed by atoms with Crippen LogP contribution in [0.2, 0.25) is 0 Å². The molecule has 0 spiro atoms. The fraction of sp³-hybridized carbons (Fsp3) is 0.333. The standard InChI is InChI=1S/C18H24N4/c1-15-9-16(2)18(12-22-8-6-20(4)14-22)10-17(15)11-21-7-5-19(3)13-21/h5-10,13-14H,11-12H2,1-4H3/q+2. The minimum atomic E-state index is 0.916. The topological polar surface area (TPSA) is 17.6 Å². The molecule has 2 heterocycles. The van der Waals surface area contributed by atoms with Crippen LogP contribution in [0.3, 0.4) is 0 Å². The van der Waals surface area contributed by atoms with E-state index in [0.29, 0.717) is 0 Å². The average molecular weight is 296 g/mol. The molecular weight excluding hydrogens is 272 g/mol. The van der Waals surface area contributed by atoms with Crippen LogP contribution in [-0.4, -0.2) is 9.13 Å². The minimum Gasteiger partial charge on any atom is -0.240 e. The van der Waals surface area contributed by atoms with Crippen molar-refractivity contribution in [3.8, 4) is 0 Å². The molecule has 0 N–H and O–H groups in total. The number of rotatable bonds is 4. The highest BCUT2D eigenvalue weighted by molar-refractivity contribution is 5.37. The molecule has 0 bridgehead atoms. The molecule has 2 aromatic heterocycles. The average Bonchev–Trinajstić information content (AvgIpc) is 3.04. The largest absolute Gasteiger partial charge is 0.243 e. The quantitative estimate of drug-likeness (QED) is 0.652. The molecule has 0 saturated heterocycles. The summed E-state index contributed by atoms with van der Waals surface area (Å²) in [6.07, 6.45) is 12.6. The molecule has 0 aliphatic rings. The number of benzene rings is 1. The first-order valence-electron chi connectivity index (χ1n) is 7.62. The van der Waals surface area contributed by atoms with E-state index in [2.05, 4.69) is 95.8 Å². The van der Waals surface area contributed by atoms with Gasteiger partial charge in [0.25, 0.3) is 0 Å². The van der Waals surface area contributed by atoms with E-state index in [9.17, 15) is 0 Å². The third-order valence-electron chi connectivity index (χ3n) is 4.15. The van der Waals surface area contributed by atoms with E-state index in [1.807, 2.05) is 0 Å². The molecule has 0 aliphatic carbocycles. The predicted octanol–water partition coefficient (Wildman–Crippen LogP) is 1.65. The third kappa shape index (κ3) is 3.11. The fourth-order valence-corrected chi connectivity index (χ4v) is 2.87. The monoisotopic (exact) mass is 296 g/mol. The van der Waals surface area contributed by atoms with Crippen molar-refractivity contribution in [1.82, 2.24) is 9.13 Å². The second-order valence-corrected chi connectivity index (χ2v) is 6.21. The number of imidazole rings is 2. The zero-order valence-corrected chi connectivity index (χ0v) is 13.8. The summed E-state index contributed by atoms with van der Waals surface area (Å²) in [5.41, 5.74) is 5.48. The highest BCUT2D eigenvalue weighted by atomic mass is 15.1. The Kier molecular flexibility index (Phi) is 3.84.